The Morgan fingerprint density at radius 3 is 2.72 bits per heavy atom. The number of hydrogen-bond acceptors (Lipinski definition) is 3. The third kappa shape index (κ3) is 3.55. The maximum atomic E-state index is 4.63. The van der Waals surface area contributed by atoms with Gasteiger partial charge in [-0.2, -0.15) is 0 Å². The second-order valence-electron chi connectivity index (χ2n) is 8.81. The van der Waals surface area contributed by atoms with Crippen molar-refractivity contribution < 1.29 is 0 Å². The summed E-state index contributed by atoms with van der Waals surface area (Å²) in [5.74, 6) is 1.78. The molecule has 0 spiro atoms. The molecule has 2 N–H and O–H groups in total. The fourth-order valence-electron chi connectivity index (χ4n) is 4.76. The van der Waals surface area contributed by atoms with Crippen LogP contribution < -0.4 is 0 Å². The van der Waals surface area contributed by atoms with Gasteiger partial charge in [-0.25, -0.2) is 9.97 Å². The molecule has 0 radical (unpaired) electrons. The van der Waals surface area contributed by atoms with E-state index in [0.29, 0.717) is 6.04 Å². The lowest BCUT2D eigenvalue weighted by atomic mass is 9.86. The van der Waals surface area contributed by atoms with Gasteiger partial charge in [0.1, 0.15) is 11.3 Å². The van der Waals surface area contributed by atoms with Crippen LogP contribution in [0.2, 0.25) is 0 Å². The van der Waals surface area contributed by atoms with Crippen LogP contribution in [0.4, 0.5) is 0 Å². The van der Waals surface area contributed by atoms with Gasteiger partial charge < -0.3 is 9.97 Å². The summed E-state index contributed by atoms with van der Waals surface area (Å²) in [6.45, 7) is 5.35. The normalized spacial score (nSPS) is 20.1. The lowest BCUT2D eigenvalue weighted by molar-refractivity contribution is 0.164. The van der Waals surface area contributed by atoms with Crippen molar-refractivity contribution >= 4 is 22.1 Å². The third-order valence-electron chi connectivity index (χ3n) is 6.52. The van der Waals surface area contributed by atoms with Crippen LogP contribution in [0.25, 0.3) is 33.3 Å². The first-order valence-electron chi connectivity index (χ1n) is 10.7. The minimum Gasteiger partial charge on any atom is -0.354 e. The topological polar surface area (TPSA) is 60.6 Å². The highest BCUT2D eigenvalue weighted by Crippen LogP contribution is 2.30. The molecule has 3 heterocycles. The molecule has 0 aliphatic heterocycles. The van der Waals surface area contributed by atoms with Gasteiger partial charge in [0.2, 0.25) is 0 Å². The van der Waals surface area contributed by atoms with Crippen molar-refractivity contribution in [2.75, 3.05) is 7.05 Å². The van der Waals surface area contributed by atoms with Crippen LogP contribution in [0, 0.1) is 12.8 Å². The molecule has 0 saturated heterocycles. The lowest BCUT2D eigenvalue weighted by Gasteiger charge is -2.33. The summed E-state index contributed by atoms with van der Waals surface area (Å²) in [6, 6.07) is 11.8. The molecule has 0 amide bonds. The van der Waals surface area contributed by atoms with E-state index in [0.717, 1.165) is 40.7 Å². The van der Waals surface area contributed by atoms with E-state index in [1.54, 1.807) is 0 Å². The molecular weight excluding hydrogens is 358 g/mol. The number of rotatable bonds is 4. The Bertz CT molecular complexity index is 1150. The maximum Gasteiger partial charge on any atom is 0.158 e. The van der Waals surface area contributed by atoms with Crippen molar-refractivity contribution in [3.8, 4) is 11.3 Å². The first kappa shape index (κ1) is 18.4. The van der Waals surface area contributed by atoms with E-state index in [9.17, 15) is 0 Å². The molecule has 1 saturated carbocycles. The largest absolute Gasteiger partial charge is 0.354 e. The van der Waals surface area contributed by atoms with Gasteiger partial charge in [0, 0.05) is 40.9 Å². The van der Waals surface area contributed by atoms with Gasteiger partial charge >= 0.3 is 0 Å². The maximum absolute atomic E-state index is 4.63. The Morgan fingerprint density at radius 2 is 1.90 bits per heavy atom. The minimum absolute atomic E-state index is 0.717. The van der Waals surface area contributed by atoms with Crippen molar-refractivity contribution in [3.05, 3.63) is 47.9 Å². The Hall–Kier alpha value is -2.66. The van der Waals surface area contributed by atoms with Crippen LogP contribution in [-0.4, -0.2) is 37.9 Å². The van der Waals surface area contributed by atoms with E-state index in [2.05, 4.69) is 63.1 Å². The highest BCUT2D eigenvalue weighted by Gasteiger charge is 2.21. The number of pyridine rings is 1. The van der Waals surface area contributed by atoms with Gasteiger partial charge in [-0.15, -0.1) is 0 Å². The summed E-state index contributed by atoms with van der Waals surface area (Å²) in [6.07, 6.45) is 7.22. The van der Waals surface area contributed by atoms with E-state index in [1.165, 1.54) is 42.1 Å². The summed E-state index contributed by atoms with van der Waals surface area (Å²) in [5.41, 5.74) is 6.48. The summed E-state index contributed by atoms with van der Waals surface area (Å²) >= 11 is 0. The predicted molar refractivity (Wildman–Crippen MR) is 119 cm³/mol. The molecule has 5 nitrogen and oxygen atoms in total. The summed E-state index contributed by atoms with van der Waals surface area (Å²) in [7, 11) is 2.28. The monoisotopic (exact) mass is 387 g/mol. The molecule has 4 aromatic rings. The molecule has 0 unspecified atom stereocenters. The smallest absolute Gasteiger partial charge is 0.158 e. The Kier molecular flexibility index (Phi) is 4.63. The second kappa shape index (κ2) is 7.30. The first-order valence-corrected chi connectivity index (χ1v) is 10.7. The minimum atomic E-state index is 0.717. The van der Waals surface area contributed by atoms with Crippen molar-refractivity contribution in [1.82, 2.24) is 24.8 Å². The molecule has 1 fully saturated rings. The number of imidazole rings is 1. The number of aromatic nitrogens is 4. The zero-order valence-corrected chi connectivity index (χ0v) is 17.5. The fraction of sp³-hybridized carbons (Fsp3) is 0.417. The SMILES string of the molecule is Cc1nc2c(-c3cc4ccc(CN(C)C5CCC(C)CC5)cc4[nH]3)ccnc2[nH]1. The average molecular weight is 388 g/mol. The highest BCUT2D eigenvalue weighted by molar-refractivity contribution is 5.94. The van der Waals surface area contributed by atoms with Gasteiger partial charge in [0.05, 0.1) is 0 Å². The van der Waals surface area contributed by atoms with Crippen LogP contribution in [-0.2, 0) is 6.54 Å². The van der Waals surface area contributed by atoms with Crippen molar-refractivity contribution in [2.24, 2.45) is 5.92 Å². The Balaban J connectivity index is 1.41. The molecule has 1 aromatic carbocycles. The average Bonchev–Trinajstić information content (AvgIpc) is 3.30. The zero-order valence-electron chi connectivity index (χ0n) is 17.5. The second-order valence-corrected chi connectivity index (χ2v) is 8.81. The first-order chi connectivity index (χ1) is 14.1. The van der Waals surface area contributed by atoms with E-state index >= 15 is 0 Å². The molecular formula is C24H29N5. The zero-order chi connectivity index (χ0) is 20.0. The van der Waals surface area contributed by atoms with Crippen LogP contribution in [0.15, 0.2) is 36.5 Å². The summed E-state index contributed by atoms with van der Waals surface area (Å²) in [5, 5.41) is 1.23. The van der Waals surface area contributed by atoms with Gasteiger partial charge in [-0.05, 0) is 69.3 Å². The van der Waals surface area contributed by atoms with E-state index in [1.807, 2.05) is 19.2 Å². The number of aryl methyl sites for hydroxylation is 1. The molecule has 1 aliphatic carbocycles. The van der Waals surface area contributed by atoms with Gasteiger partial charge in [0.15, 0.2) is 5.65 Å². The van der Waals surface area contributed by atoms with Crippen LogP contribution >= 0.6 is 0 Å². The Morgan fingerprint density at radius 1 is 1.07 bits per heavy atom. The predicted octanol–water partition coefficient (Wildman–Crippen LogP) is 5.43. The quantitative estimate of drug-likeness (QED) is 0.491. The standard InChI is InChI=1S/C24H29N5/c1-15-4-8-19(9-5-15)29(3)14-17-6-7-18-13-22(28-21(18)12-17)20-10-11-25-24-23(20)26-16(2)27-24/h6-7,10-13,15,19,28H,4-5,8-9,14H2,1-3H3,(H,25,26,27). The highest BCUT2D eigenvalue weighted by atomic mass is 15.1. The molecule has 29 heavy (non-hydrogen) atoms. The Labute approximate surface area is 171 Å². The molecule has 3 aromatic heterocycles. The van der Waals surface area contributed by atoms with Crippen LogP contribution in [0.1, 0.15) is 44.0 Å². The number of nitrogens with one attached hydrogen (secondary N) is 2. The van der Waals surface area contributed by atoms with Crippen LogP contribution in [0.5, 0.6) is 0 Å². The van der Waals surface area contributed by atoms with E-state index in [4.69, 9.17) is 0 Å². The molecule has 0 atom stereocenters. The molecule has 5 rings (SSSR count). The summed E-state index contributed by atoms with van der Waals surface area (Å²) in [4.78, 5) is 18.4. The van der Waals surface area contributed by atoms with Crippen molar-refractivity contribution in [2.45, 2.75) is 52.1 Å². The number of hydrogen-bond donors (Lipinski definition) is 2. The van der Waals surface area contributed by atoms with E-state index in [-0.39, 0.29) is 0 Å². The number of aromatic amines is 2. The van der Waals surface area contributed by atoms with Crippen molar-refractivity contribution in [3.63, 3.8) is 0 Å². The van der Waals surface area contributed by atoms with E-state index < -0.39 is 0 Å². The number of H-pyrrole nitrogens is 2. The number of benzene rings is 1. The fourth-order valence-corrected chi connectivity index (χ4v) is 4.76. The summed E-state index contributed by atoms with van der Waals surface area (Å²) < 4.78 is 0. The van der Waals surface area contributed by atoms with Crippen LogP contribution in [0.3, 0.4) is 0 Å². The molecule has 0 bridgehead atoms. The lowest BCUT2D eigenvalue weighted by Crippen LogP contribution is -2.34. The molecule has 5 heteroatoms. The number of nitrogens with zero attached hydrogens (tertiary/aromatic N) is 3. The third-order valence-corrected chi connectivity index (χ3v) is 6.52. The van der Waals surface area contributed by atoms with Gasteiger partial charge in [-0.1, -0.05) is 19.1 Å². The number of fused-ring (bicyclic) bond motifs is 2. The van der Waals surface area contributed by atoms with Gasteiger partial charge in [-0.3, -0.25) is 4.90 Å². The van der Waals surface area contributed by atoms with Crippen molar-refractivity contribution in [1.29, 1.82) is 0 Å². The molecule has 150 valence electrons. The van der Waals surface area contributed by atoms with Gasteiger partial charge in [0.25, 0.3) is 0 Å². The molecule has 1 aliphatic rings.